The smallest absolute Gasteiger partial charge is 0.294 e. The molecule has 4 nitrogen and oxygen atoms in total. The molecule has 0 radical (unpaired) electrons. The molecule has 0 bridgehead atoms. The van der Waals surface area contributed by atoms with Gasteiger partial charge in [-0.05, 0) is 31.1 Å². The van der Waals surface area contributed by atoms with Crippen LogP contribution >= 0.6 is 0 Å². The number of unbranched alkanes of at least 4 members (excludes halogenated alkanes) is 1. The fourth-order valence-corrected chi connectivity index (χ4v) is 2.33. The topological polar surface area (TPSA) is 52.4 Å². The van der Waals surface area contributed by atoms with E-state index in [1.165, 1.54) is 19.3 Å². The molecule has 0 aliphatic rings. The maximum atomic E-state index is 10.5. The molecule has 0 N–H and O–H groups in total. The quantitative estimate of drug-likeness (QED) is 0.402. The summed E-state index contributed by atoms with van der Waals surface area (Å²) in [5, 5.41) is 9.82. The second kappa shape index (κ2) is 10.2. The van der Waals surface area contributed by atoms with Crippen molar-refractivity contribution < 1.29 is 9.92 Å². The lowest BCUT2D eigenvalue weighted by atomic mass is 9.91. The van der Waals surface area contributed by atoms with Gasteiger partial charge in [0.25, 0.3) is 5.09 Å². The van der Waals surface area contributed by atoms with Crippen LogP contribution in [-0.2, 0) is 4.84 Å². The first-order valence-electron chi connectivity index (χ1n) is 7.30. The first-order valence-corrected chi connectivity index (χ1v) is 7.30. The third-order valence-corrected chi connectivity index (χ3v) is 3.41. The number of hydrogen-bond acceptors (Lipinski definition) is 3. The largest absolute Gasteiger partial charge is 0.311 e. The van der Waals surface area contributed by atoms with Crippen molar-refractivity contribution in [3.05, 3.63) is 10.1 Å². The van der Waals surface area contributed by atoms with Crippen molar-refractivity contribution in [2.75, 3.05) is 0 Å². The van der Waals surface area contributed by atoms with E-state index in [0.717, 1.165) is 25.7 Å². The summed E-state index contributed by atoms with van der Waals surface area (Å²) >= 11 is 0. The summed E-state index contributed by atoms with van der Waals surface area (Å²) in [6, 6.07) is 0. The van der Waals surface area contributed by atoms with E-state index < -0.39 is 5.09 Å². The van der Waals surface area contributed by atoms with Gasteiger partial charge in [-0.2, -0.15) is 0 Å². The first-order chi connectivity index (χ1) is 8.49. The second-order valence-corrected chi connectivity index (χ2v) is 5.57. The van der Waals surface area contributed by atoms with E-state index in [2.05, 4.69) is 27.7 Å². The lowest BCUT2D eigenvalue weighted by Crippen LogP contribution is -2.20. The zero-order valence-electron chi connectivity index (χ0n) is 12.4. The molecule has 0 amide bonds. The van der Waals surface area contributed by atoms with Crippen LogP contribution in [0.3, 0.4) is 0 Å². The Morgan fingerprint density at radius 1 is 1.17 bits per heavy atom. The van der Waals surface area contributed by atoms with Gasteiger partial charge in [0.1, 0.15) is 6.10 Å². The number of rotatable bonds is 11. The van der Waals surface area contributed by atoms with Crippen LogP contribution < -0.4 is 0 Å². The average Bonchev–Trinajstić information content (AvgIpc) is 2.27. The molecule has 0 saturated carbocycles. The van der Waals surface area contributed by atoms with Gasteiger partial charge in [-0.15, -0.1) is 10.1 Å². The van der Waals surface area contributed by atoms with Crippen molar-refractivity contribution in [1.29, 1.82) is 0 Å². The predicted molar refractivity (Wildman–Crippen MR) is 73.9 cm³/mol. The summed E-state index contributed by atoms with van der Waals surface area (Å²) in [4.78, 5) is 15.2. The monoisotopic (exact) mass is 259 g/mol. The molecule has 0 aromatic rings. The van der Waals surface area contributed by atoms with Gasteiger partial charge in [0.05, 0.1) is 0 Å². The van der Waals surface area contributed by atoms with Gasteiger partial charge in [0, 0.05) is 0 Å². The van der Waals surface area contributed by atoms with Crippen LogP contribution in [-0.4, -0.2) is 11.2 Å². The van der Waals surface area contributed by atoms with Crippen LogP contribution in [0.2, 0.25) is 0 Å². The number of hydrogen-bond donors (Lipinski definition) is 0. The molecule has 0 fully saturated rings. The van der Waals surface area contributed by atoms with E-state index in [4.69, 9.17) is 4.84 Å². The average molecular weight is 259 g/mol. The second-order valence-electron chi connectivity index (χ2n) is 5.57. The molecule has 0 aliphatic heterocycles. The van der Waals surface area contributed by atoms with Crippen LogP contribution in [0.1, 0.15) is 72.6 Å². The Morgan fingerprint density at radius 3 is 2.28 bits per heavy atom. The molecule has 108 valence electrons. The molecule has 0 spiro atoms. The summed E-state index contributed by atoms with van der Waals surface area (Å²) in [7, 11) is 0. The zero-order chi connectivity index (χ0) is 14.0. The van der Waals surface area contributed by atoms with E-state index in [-0.39, 0.29) is 6.10 Å². The zero-order valence-corrected chi connectivity index (χ0v) is 12.4. The van der Waals surface area contributed by atoms with Crippen LogP contribution in [0.4, 0.5) is 0 Å². The summed E-state index contributed by atoms with van der Waals surface area (Å²) in [6.45, 7) is 8.55. The van der Waals surface area contributed by atoms with Gasteiger partial charge in [-0.3, -0.25) is 0 Å². The van der Waals surface area contributed by atoms with Gasteiger partial charge in [-0.25, -0.2) is 0 Å². The molecular weight excluding hydrogens is 230 g/mol. The minimum absolute atomic E-state index is 0.226. The Hall–Kier alpha value is -0.800. The molecular formula is C14H29NO3. The molecule has 18 heavy (non-hydrogen) atoms. The van der Waals surface area contributed by atoms with Crippen molar-refractivity contribution in [3.8, 4) is 0 Å². The van der Waals surface area contributed by atoms with Crippen molar-refractivity contribution in [3.63, 3.8) is 0 Å². The summed E-state index contributed by atoms with van der Waals surface area (Å²) < 4.78 is 0. The molecule has 0 aromatic carbocycles. The van der Waals surface area contributed by atoms with Gasteiger partial charge in [0.2, 0.25) is 0 Å². The predicted octanol–water partition coefficient (Wildman–Crippen LogP) is 4.61. The lowest BCUT2D eigenvalue weighted by molar-refractivity contribution is -0.769. The highest BCUT2D eigenvalue weighted by molar-refractivity contribution is 4.64. The molecule has 0 heterocycles. The lowest BCUT2D eigenvalue weighted by Gasteiger charge is -2.20. The molecule has 2 unspecified atom stereocenters. The maximum Gasteiger partial charge on any atom is 0.294 e. The Balaban J connectivity index is 4.08. The fraction of sp³-hybridized carbons (Fsp3) is 1.00. The van der Waals surface area contributed by atoms with Crippen LogP contribution in [0.25, 0.3) is 0 Å². The first kappa shape index (κ1) is 17.2. The molecule has 0 aromatic heterocycles. The number of nitrogens with zero attached hydrogens (tertiary/aromatic N) is 1. The van der Waals surface area contributed by atoms with E-state index in [0.29, 0.717) is 11.8 Å². The van der Waals surface area contributed by atoms with Crippen molar-refractivity contribution in [1.82, 2.24) is 0 Å². The van der Waals surface area contributed by atoms with Crippen LogP contribution in [0.5, 0.6) is 0 Å². The highest BCUT2D eigenvalue weighted by Crippen LogP contribution is 2.22. The maximum absolute atomic E-state index is 10.5. The normalized spacial score (nSPS) is 14.5. The fourth-order valence-electron chi connectivity index (χ4n) is 2.33. The third-order valence-electron chi connectivity index (χ3n) is 3.41. The van der Waals surface area contributed by atoms with Crippen molar-refractivity contribution in [2.45, 2.75) is 78.7 Å². The van der Waals surface area contributed by atoms with Crippen molar-refractivity contribution in [2.24, 2.45) is 11.8 Å². The van der Waals surface area contributed by atoms with Gasteiger partial charge < -0.3 is 4.84 Å². The molecule has 0 rings (SSSR count). The molecule has 0 aliphatic carbocycles. The van der Waals surface area contributed by atoms with E-state index in [1.807, 2.05) is 0 Å². The van der Waals surface area contributed by atoms with Gasteiger partial charge >= 0.3 is 0 Å². The summed E-state index contributed by atoms with van der Waals surface area (Å²) in [5.74, 6) is 1.13. The highest BCUT2D eigenvalue weighted by atomic mass is 17.0. The Bertz CT molecular complexity index is 219. The molecule has 0 saturated heterocycles. The summed E-state index contributed by atoms with van der Waals surface area (Å²) in [5.41, 5.74) is 0. The minimum Gasteiger partial charge on any atom is -0.311 e. The van der Waals surface area contributed by atoms with Crippen LogP contribution in [0.15, 0.2) is 0 Å². The Labute approximate surface area is 111 Å². The van der Waals surface area contributed by atoms with Crippen molar-refractivity contribution >= 4 is 0 Å². The van der Waals surface area contributed by atoms with E-state index in [9.17, 15) is 10.1 Å². The Morgan fingerprint density at radius 2 is 1.83 bits per heavy atom. The Kier molecular flexibility index (Phi) is 9.70. The summed E-state index contributed by atoms with van der Waals surface area (Å²) in [6.07, 6.45) is 7.26. The molecule has 2 atom stereocenters. The SMILES string of the molecule is CCCCC(CC)CCC(CC(C)C)O[N+](=O)[O-]. The highest BCUT2D eigenvalue weighted by Gasteiger charge is 2.17. The third kappa shape index (κ3) is 9.25. The minimum atomic E-state index is -0.639. The van der Waals surface area contributed by atoms with Gasteiger partial charge in [0.15, 0.2) is 0 Å². The van der Waals surface area contributed by atoms with E-state index in [1.54, 1.807) is 0 Å². The standard InChI is InChI=1S/C14H29NO3/c1-5-7-8-13(6-2)9-10-14(11-12(3)4)18-15(16)17/h12-14H,5-11H2,1-4H3. The van der Waals surface area contributed by atoms with E-state index >= 15 is 0 Å². The van der Waals surface area contributed by atoms with Gasteiger partial charge in [-0.1, -0.05) is 53.4 Å². The van der Waals surface area contributed by atoms with Crippen LogP contribution in [0, 0.1) is 22.0 Å². The molecule has 4 heteroatoms.